The highest BCUT2D eigenvalue weighted by atomic mass is 15.3. The van der Waals surface area contributed by atoms with E-state index >= 15 is 0 Å². The van der Waals surface area contributed by atoms with E-state index in [1.165, 1.54) is 11.4 Å². The average Bonchev–Trinajstić information content (AvgIpc) is 2.74. The van der Waals surface area contributed by atoms with Crippen molar-refractivity contribution < 1.29 is 4.57 Å². The first-order valence-corrected chi connectivity index (χ1v) is 5.71. The number of hydrogen-bond acceptors (Lipinski definition) is 1. The lowest BCUT2D eigenvalue weighted by molar-refractivity contribution is -0.671. The fraction of sp³-hybridized carbons (Fsp3) is 0.214. The molecular formula is C14H15N2+. The second-order valence-electron chi connectivity index (χ2n) is 4.16. The van der Waals surface area contributed by atoms with E-state index < -0.39 is 0 Å². The molecule has 0 bridgehead atoms. The van der Waals surface area contributed by atoms with Crippen molar-refractivity contribution in [2.75, 3.05) is 11.4 Å². The lowest BCUT2D eigenvalue weighted by Gasteiger charge is -2.09. The molecule has 1 aliphatic heterocycles. The minimum absolute atomic E-state index is 1.00. The van der Waals surface area contributed by atoms with E-state index in [1.54, 1.807) is 0 Å². The van der Waals surface area contributed by atoms with Gasteiger partial charge in [-0.1, -0.05) is 36.4 Å². The highest BCUT2D eigenvalue weighted by Crippen LogP contribution is 2.16. The Morgan fingerprint density at radius 1 is 1.00 bits per heavy atom. The molecule has 1 aliphatic rings. The molecule has 2 heteroatoms. The van der Waals surface area contributed by atoms with Crippen molar-refractivity contribution in [2.45, 2.75) is 13.1 Å². The number of nitrogens with zero attached hydrogens (tertiary/aromatic N) is 2. The van der Waals surface area contributed by atoms with Crippen molar-refractivity contribution in [2.24, 2.45) is 0 Å². The van der Waals surface area contributed by atoms with Crippen molar-refractivity contribution in [1.82, 2.24) is 0 Å². The summed E-state index contributed by atoms with van der Waals surface area (Å²) in [4.78, 5) is 2.43. The predicted octanol–water partition coefficient (Wildman–Crippen LogP) is 1.99. The number of hydrogen-bond donors (Lipinski definition) is 0. The Labute approximate surface area is 95.8 Å². The van der Waals surface area contributed by atoms with Gasteiger partial charge in [-0.05, 0) is 11.6 Å². The maximum absolute atomic E-state index is 2.43. The molecule has 2 aromatic rings. The van der Waals surface area contributed by atoms with Crippen LogP contribution < -0.4 is 9.47 Å². The van der Waals surface area contributed by atoms with Crippen LogP contribution in [0.3, 0.4) is 0 Å². The third-order valence-electron chi connectivity index (χ3n) is 3.07. The smallest absolute Gasteiger partial charge is 0.253 e. The predicted molar refractivity (Wildman–Crippen MR) is 64.1 cm³/mol. The van der Waals surface area contributed by atoms with Crippen LogP contribution in [0.2, 0.25) is 0 Å². The Kier molecular flexibility index (Phi) is 2.33. The Bertz CT molecular complexity index is 479. The van der Waals surface area contributed by atoms with Gasteiger partial charge < -0.3 is 0 Å². The molecule has 0 unspecified atom stereocenters. The van der Waals surface area contributed by atoms with Gasteiger partial charge in [0.2, 0.25) is 0 Å². The molecular weight excluding hydrogens is 196 g/mol. The molecule has 1 aromatic carbocycles. The molecule has 0 aliphatic carbocycles. The number of rotatable bonds is 2. The monoisotopic (exact) mass is 211 g/mol. The standard InChI is InChI=1S/C14H15N2/c1-2-6-13(7-3-1)12-16-11-10-15-9-5-4-8-14(15)16/h1-9H,10-12H2/q+1. The molecule has 0 fully saturated rings. The van der Waals surface area contributed by atoms with Crippen LogP contribution in [0.1, 0.15) is 5.56 Å². The van der Waals surface area contributed by atoms with E-state index in [4.69, 9.17) is 0 Å². The highest BCUT2D eigenvalue weighted by Gasteiger charge is 2.25. The summed E-state index contributed by atoms with van der Waals surface area (Å²) in [6.45, 7) is 3.22. The van der Waals surface area contributed by atoms with Crippen LogP contribution in [0.15, 0.2) is 54.7 Å². The van der Waals surface area contributed by atoms with Crippen LogP contribution in [0.5, 0.6) is 0 Å². The molecule has 2 nitrogen and oxygen atoms in total. The van der Waals surface area contributed by atoms with Gasteiger partial charge in [-0.25, -0.2) is 4.57 Å². The number of pyridine rings is 1. The molecule has 0 atom stereocenters. The highest BCUT2D eigenvalue weighted by molar-refractivity contribution is 5.36. The zero-order valence-electron chi connectivity index (χ0n) is 9.21. The Hall–Kier alpha value is -1.83. The summed E-state index contributed by atoms with van der Waals surface area (Å²) < 4.78 is 2.31. The lowest BCUT2D eigenvalue weighted by Crippen LogP contribution is -2.30. The van der Waals surface area contributed by atoms with Crippen molar-refractivity contribution in [1.29, 1.82) is 0 Å². The molecule has 3 rings (SSSR count). The molecule has 0 amide bonds. The van der Waals surface area contributed by atoms with Gasteiger partial charge >= 0.3 is 0 Å². The van der Waals surface area contributed by atoms with Crippen molar-refractivity contribution >= 4 is 5.82 Å². The van der Waals surface area contributed by atoms with E-state index in [-0.39, 0.29) is 0 Å². The number of fused-ring (bicyclic) bond motifs is 1. The molecule has 1 aromatic heterocycles. The maximum Gasteiger partial charge on any atom is 0.277 e. The first-order valence-electron chi connectivity index (χ1n) is 5.71. The van der Waals surface area contributed by atoms with Gasteiger partial charge in [-0.3, -0.25) is 4.90 Å². The summed E-state index contributed by atoms with van der Waals surface area (Å²) in [5.74, 6) is 1.33. The minimum Gasteiger partial charge on any atom is -0.253 e. The molecule has 0 radical (unpaired) electrons. The number of anilines is 1. The topological polar surface area (TPSA) is 7.12 Å². The van der Waals surface area contributed by atoms with E-state index in [0.29, 0.717) is 0 Å². The first kappa shape index (κ1) is 9.40. The maximum atomic E-state index is 2.43. The van der Waals surface area contributed by atoms with Gasteiger partial charge in [0.1, 0.15) is 19.6 Å². The Morgan fingerprint density at radius 2 is 1.81 bits per heavy atom. The van der Waals surface area contributed by atoms with Gasteiger partial charge in [-0.15, -0.1) is 0 Å². The van der Waals surface area contributed by atoms with Crippen LogP contribution in [0, 0.1) is 0 Å². The summed E-state index contributed by atoms with van der Waals surface area (Å²) >= 11 is 0. The number of aromatic nitrogens is 1. The summed E-state index contributed by atoms with van der Waals surface area (Å²) in [6.07, 6.45) is 2.15. The Balaban J connectivity index is 1.84. The van der Waals surface area contributed by atoms with E-state index in [9.17, 15) is 0 Å². The third kappa shape index (κ3) is 1.67. The van der Waals surface area contributed by atoms with Crippen molar-refractivity contribution in [3.05, 3.63) is 60.3 Å². The number of benzene rings is 1. The molecule has 0 N–H and O–H groups in total. The quantitative estimate of drug-likeness (QED) is 0.689. The van der Waals surface area contributed by atoms with Gasteiger partial charge in [0.05, 0.1) is 6.20 Å². The van der Waals surface area contributed by atoms with Crippen LogP contribution >= 0.6 is 0 Å². The summed E-state index contributed by atoms with van der Waals surface area (Å²) in [6, 6.07) is 17.0. The second-order valence-corrected chi connectivity index (χ2v) is 4.16. The van der Waals surface area contributed by atoms with Crippen LogP contribution in [-0.4, -0.2) is 6.54 Å². The zero-order valence-corrected chi connectivity index (χ0v) is 9.21. The molecule has 80 valence electrons. The Morgan fingerprint density at radius 3 is 2.69 bits per heavy atom. The SMILES string of the molecule is c1ccc(CN2CC[n+]3ccccc32)cc1. The van der Waals surface area contributed by atoms with Gasteiger partial charge in [-0.2, -0.15) is 0 Å². The largest absolute Gasteiger partial charge is 0.277 e. The van der Waals surface area contributed by atoms with E-state index in [1.807, 2.05) is 0 Å². The molecule has 0 spiro atoms. The normalized spacial score (nSPS) is 13.9. The van der Waals surface area contributed by atoms with Gasteiger partial charge in [0.15, 0.2) is 0 Å². The van der Waals surface area contributed by atoms with E-state index in [0.717, 1.165) is 19.6 Å². The first-order chi connectivity index (χ1) is 7.93. The fourth-order valence-corrected chi connectivity index (χ4v) is 2.25. The van der Waals surface area contributed by atoms with Crippen LogP contribution in [0.4, 0.5) is 5.82 Å². The zero-order chi connectivity index (χ0) is 10.8. The van der Waals surface area contributed by atoms with Crippen LogP contribution in [-0.2, 0) is 13.1 Å². The molecule has 0 saturated carbocycles. The van der Waals surface area contributed by atoms with Gasteiger partial charge in [0, 0.05) is 6.07 Å². The average molecular weight is 211 g/mol. The molecule has 16 heavy (non-hydrogen) atoms. The molecule has 0 saturated heterocycles. The van der Waals surface area contributed by atoms with Gasteiger partial charge in [0.25, 0.3) is 5.82 Å². The minimum atomic E-state index is 1.00. The summed E-state index contributed by atoms with van der Waals surface area (Å²) in [5.41, 5.74) is 1.37. The fourth-order valence-electron chi connectivity index (χ4n) is 2.25. The lowest BCUT2D eigenvalue weighted by atomic mass is 10.2. The molecule has 2 heterocycles. The van der Waals surface area contributed by atoms with Crippen molar-refractivity contribution in [3.8, 4) is 0 Å². The van der Waals surface area contributed by atoms with E-state index in [2.05, 4.69) is 64.2 Å². The second kappa shape index (κ2) is 3.97. The summed E-state index contributed by atoms with van der Waals surface area (Å²) in [7, 11) is 0. The van der Waals surface area contributed by atoms with Crippen molar-refractivity contribution in [3.63, 3.8) is 0 Å². The van der Waals surface area contributed by atoms with Crippen LogP contribution in [0.25, 0.3) is 0 Å². The third-order valence-corrected chi connectivity index (χ3v) is 3.07. The summed E-state index contributed by atoms with van der Waals surface area (Å²) in [5, 5.41) is 0.